The molecule has 1 N–H and O–H groups in total. The Morgan fingerprint density at radius 2 is 1.47 bits per heavy atom. The van der Waals surface area contributed by atoms with Gasteiger partial charge in [-0.2, -0.15) is 4.31 Å². The summed E-state index contributed by atoms with van der Waals surface area (Å²) in [4.78, 5) is 26.2. The van der Waals surface area contributed by atoms with Crippen LogP contribution < -0.4 is 5.32 Å². The van der Waals surface area contributed by atoms with Crippen molar-refractivity contribution in [2.24, 2.45) is 0 Å². The van der Waals surface area contributed by atoms with Crippen LogP contribution in [0.25, 0.3) is 0 Å². The average molecular weight is 505 g/mol. The molecular formula is C29H32N2O4S. The van der Waals surface area contributed by atoms with Gasteiger partial charge in [0.05, 0.1) is 4.90 Å². The Hall–Kier alpha value is -3.29. The molecule has 3 aromatic rings. The van der Waals surface area contributed by atoms with Crippen LogP contribution in [0, 0.1) is 6.92 Å². The number of hydrogen-bond acceptors (Lipinski definition) is 4. The van der Waals surface area contributed by atoms with E-state index in [-0.39, 0.29) is 21.7 Å². The number of hydrogen-bond donors (Lipinski definition) is 1. The first-order valence-electron chi connectivity index (χ1n) is 12.1. The van der Waals surface area contributed by atoms with Crippen LogP contribution in [0.3, 0.4) is 0 Å². The van der Waals surface area contributed by atoms with Gasteiger partial charge in [0.15, 0.2) is 5.78 Å². The Kier molecular flexibility index (Phi) is 7.16. The second-order valence-electron chi connectivity index (χ2n) is 10.3. The summed E-state index contributed by atoms with van der Waals surface area (Å²) in [5.74, 6) is -0.576. The third-order valence-corrected chi connectivity index (χ3v) is 8.57. The third kappa shape index (κ3) is 5.42. The topological polar surface area (TPSA) is 83.5 Å². The number of carbonyl (C=O) groups excluding carboxylic acids is 2. The fraction of sp³-hybridized carbons (Fsp3) is 0.310. The molecule has 1 aliphatic rings. The molecule has 188 valence electrons. The molecule has 0 bridgehead atoms. The predicted molar refractivity (Wildman–Crippen MR) is 142 cm³/mol. The number of aryl methyl sites for hydroxylation is 1. The van der Waals surface area contributed by atoms with Crippen LogP contribution in [-0.2, 0) is 15.4 Å². The van der Waals surface area contributed by atoms with E-state index in [1.165, 1.54) is 10.4 Å². The van der Waals surface area contributed by atoms with E-state index < -0.39 is 15.9 Å². The first-order valence-corrected chi connectivity index (χ1v) is 13.6. The van der Waals surface area contributed by atoms with Crippen molar-refractivity contribution in [2.75, 3.05) is 18.4 Å². The Morgan fingerprint density at radius 3 is 2.11 bits per heavy atom. The van der Waals surface area contributed by atoms with Gasteiger partial charge in [-0.05, 0) is 60.6 Å². The molecule has 4 rings (SSSR count). The van der Waals surface area contributed by atoms with E-state index in [1.807, 2.05) is 24.3 Å². The highest BCUT2D eigenvalue weighted by atomic mass is 32.2. The number of nitrogens with zero attached hydrogens (tertiary/aromatic N) is 1. The molecule has 3 aromatic carbocycles. The van der Waals surface area contributed by atoms with Crippen molar-refractivity contribution in [3.63, 3.8) is 0 Å². The average Bonchev–Trinajstić information content (AvgIpc) is 3.39. The Morgan fingerprint density at radius 1 is 0.833 bits per heavy atom. The van der Waals surface area contributed by atoms with Crippen LogP contribution in [0.4, 0.5) is 5.69 Å². The van der Waals surface area contributed by atoms with Crippen molar-refractivity contribution < 1.29 is 18.0 Å². The van der Waals surface area contributed by atoms with Crippen molar-refractivity contribution in [1.82, 2.24) is 4.31 Å². The van der Waals surface area contributed by atoms with Crippen LogP contribution >= 0.6 is 0 Å². The van der Waals surface area contributed by atoms with Gasteiger partial charge in [-0.15, -0.1) is 0 Å². The van der Waals surface area contributed by atoms with Gasteiger partial charge in [-0.3, -0.25) is 9.59 Å². The zero-order valence-electron chi connectivity index (χ0n) is 21.2. The Balaban J connectivity index is 1.54. The van der Waals surface area contributed by atoms with Gasteiger partial charge in [0.25, 0.3) is 5.91 Å². The van der Waals surface area contributed by atoms with Crippen LogP contribution in [0.1, 0.15) is 71.0 Å². The lowest BCUT2D eigenvalue weighted by molar-refractivity contribution is 0.102. The lowest BCUT2D eigenvalue weighted by Gasteiger charge is -2.19. The number of rotatable bonds is 6. The molecule has 0 saturated carbocycles. The minimum Gasteiger partial charge on any atom is -0.322 e. The molecule has 0 atom stereocenters. The Bertz CT molecular complexity index is 1400. The zero-order chi connectivity index (χ0) is 26.1. The second-order valence-corrected chi connectivity index (χ2v) is 12.2. The first kappa shape index (κ1) is 25.8. The summed E-state index contributed by atoms with van der Waals surface area (Å²) in [7, 11) is -3.65. The number of sulfonamides is 1. The van der Waals surface area contributed by atoms with Crippen LogP contribution in [0.5, 0.6) is 0 Å². The highest BCUT2D eigenvalue weighted by Crippen LogP contribution is 2.26. The van der Waals surface area contributed by atoms with Crippen LogP contribution in [-0.4, -0.2) is 37.5 Å². The number of amides is 1. The summed E-state index contributed by atoms with van der Waals surface area (Å²) in [6.07, 6.45) is 1.68. The molecule has 0 unspecified atom stereocenters. The maximum atomic E-state index is 13.1. The monoisotopic (exact) mass is 504 g/mol. The minimum absolute atomic E-state index is 0.00454. The van der Waals surface area contributed by atoms with Crippen LogP contribution in [0.2, 0.25) is 0 Å². The number of benzene rings is 3. The van der Waals surface area contributed by atoms with Gasteiger partial charge < -0.3 is 5.32 Å². The lowest BCUT2D eigenvalue weighted by Crippen LogP contribution is -2.28. The molecule has 1 aliphatic heterocycles. The van der Waals surface area contributed by atoms with Gasteiger partial charge in [-0.1, -0.05) is 63.2 Å². The molecule has 1 heterocycles. The number of ketones is 1. The lowest BCUT2D eigenvalue weighted by atomic mass is 9.86. The normalized spacial score (nSPS) is 14.6. The smallest absolute Gasteiger partial charge is 0.255 e. The third-order valence-electron chi connectivity index (χ3n) is 6.53. The van der Waals surface area contributed by atoms with Crippen LogP contribution in [0.15, 0.2) is 71.6 Å². The quantitative estimate of drug-likeness (QED) is 0.446. The van der Waals surface area contributed by atoms with Gasteiger partial charge in [0.2, 0.25) is 10.0 Å². The zero-order valence-corrected chi connectivity index (χ0v) is 22.0. The first-order chi connectivity index (χ1) is 17.0. The minimum atomic E-state index is -3.65. The van der Waals surface area contributed by atoms with Crippen molar-refractivity contribution in [1.29, 1.82) is 0 Å². The molecule has 1 saturated heterocycles. The number of anilines is 1. The highest BCUT2D eigenvalue weighted by Gasteiger charge is 2.29. The van der Waals surface area contributed by atoms with Crippen molar-refractivity contribution in [3.8, 4) is 0 Å². The predicted octanol–water partition coefficient (Wildman–Crippen LogP) is 5.56. The maximum Gasteiger partial charge on any atom is 0.255 e. The molecule has 0 spiro atoms. The van der Waals surface area contributed by atoms with E-state index in [0.717, 1.165) is 18.4 Å². The van der Waals surface area contributed by atoms with E-state index in [9.17, 15) is 18.0 Å². The highest BCUT2D eigenvalue weighted by molar-refractivity contribution is 7.89. The van der Waals surface area contributed by atoms with Crippen molar-refractivity contribution in [3.05, 3.63) is 94.5 Å². The standard InChI is InChI=1S/C29H32N2O4S/c1-20-10-11-23(19-26(20)36(34,35)31-16-5-6-17-31)28(33)30-25-9-7-8-22(18-25)27(32)21-12-14-24(15-13-21)29(2,3)4/h7-15,18-19H,5-6,16-17H2,1-4H3,(H,30,33). The van der Waals surface area contributed by atoms with E-state index in [1.54, 1.807) is 43.3 Å². The van der Waals surface area contributed by atoms with Gasteiger partial charge in [0, 0.05) is 35.5 Å². The molecule has 6 nitrogen and oxygen atoms in total. The Labute approximate surface area is 213 Å². The fourth-order valence-electron chi connectivity index (χ4n) is 4.32. The molecular weight excluding hydrogens is 472 g/mol. The summed E-state index contributed by atoms with van der Waals surface area (Å²) < 4.78 is 27.6. The van der Waals surface area contributed by atoms with Gasteiger partial charge >= 0.3 is 0 Å². The number of carbonyl (C=O) groups is 2. The SMILES string of the molecule is Cc1ccc(C(=O)Nc2cccc(C(=O)c3ccc(C(C)(C)C)cc3)c2)cc1S(=O)(=O)N1CCCC1. The van der Waals surface area contributed by atoms with Crippen molar-refractivity contribution >= 4 is 27.4 Å². The molecule has 1 fully saturated rings. The summed E-state index contributed by atoms with van der Waals surface area (Å²) >= 11 is 0. The van der Waals surface area contributed by atoms with E-state index >= 15 is 0 Å². The fourth-order valence-corrected chi connectivity index (χ4v) is 6.08. The van der Waals surface area contributed by atoms with Gasteiger partial charge in [0.1, 0.15) is 0 Å². The second kappa shape index (κ2) is 9.99. The van der Waals surface area contributed by atoms with E-state index in [4.69, 9.17) is 0 Å². The van der Waals surface area contributed by atoms with Crippen molar-refractivity contribution in [2.45, 2.75) is 50.8 Å². The molecule has 1 amide bonds. The molecule has 0 aliphatic carbocycles. The summed E-state index contributed by atoms with van der Waals surface area (Å²) in [5.41, 5.74) is 3.47. The van der Waals surface area contributed by atoms with E-state index in [2.05, 4.69) is 26.1 Å². The maximum absolute atomic E-state index is 13.1. The summed E-state index contributed by atoms with van der Waals surface area (Å²) in [5, 5.41) is 2.80. The van der Waals surface area contributed by atoms with E-state index in [0.29, 0.717) is 35.5 Å². The molecule has 36 heavy (non-hydrogen) atoms. The molecule has 0 aromatic heterocycles. The summed E-state index contributed by atoms with van der Waals surface area (Å²) in [6, 6.07) is 19.0. The molecule has 7 heteroatoms. The summed E-state index contributed by atoms with van der Waals surface area (Å²) in [6.45, 7) is 9.09. The molecule has 0 radical (unpaired) electrons. The number of nitrogens with one attached hydrogen (secondary N) is 1. The largest absolute Gasteiger partial charge is 0.322 e. The van der Waals surface area contributed by atoms with Gasteiger partial charge in [-0.25, -0.2) is 8.42 Å².